The number of nitrogens with two attached hydrogens (primary N) is 1. The summed E-state index contributed by atoms with van der Waals surface area (Å²) in [6.07, 6.45) is 2.53. The highest BCUT2D eigenvalue weighted by molar-refractivity contribution is 5.80. The predicted octanol–water partition coefficient (Wildman–Crippen LogP) is 0.180. The first kappa shape index (κ1) is 11.9. The third-order valence-corrected chi connectivity index (χ3v) is 4.02. The van der Waals surface area contributed by atoms with Crippen molar-refractivity contribution in [3.63, 3.8) is 0 Å². The zero-order chi connectivity index (χ0) is 11.7. The Hall–Kier alpha value is -0.610. The first-order chi connectivity index (χ1) is 7.58. The van der Waals surface area contributed by atoms with Crippen molar-refractivity contribution in [1.29, 1.82) is 0 Å². The molecule has 92 valence electrons. The summed E-state index contributed by atoms with van der Waals surface area (Å²) >= 11 is 0. The number of fused-ring (bicyclic) bond motifs is 3. The van der Waals surface area contributed by atoms with Gasteiger partial charge in [0.25, 0.3) is 0 Å². The lowest BCUT2D eigenvalue weighted by atomic mass is 9.83. The van der Waals surface area contributed by atoms with Gasteiger partial charge < -0.3 is 16.0 Å². The van der Waals surface area contributed by atoms with E-state index in [0.717, 1.165) is 12.5 Å². The molecule has 0 aromatic carbocycles. The van der Waals surface area contributed by atoms with Crippen LogP contribution in [0.1, 0.15) is 26.7 Å². The molecule has 1 amide bonds. The molecule has 16 heavy (non-hydrogen) atoms. The number of piperidine rings is 3. The number of hydrogen-bond acceptors (Lipinski definition) is 3. The Labute approximate surface area is 97.6 Å². The van der Waals surface area contributed by atoms with Crippen LogP contribution in [0.25, 0.3) is 0 Å². The normalized spacial score (nSPS) is 35.3. The smallest absolute Gasteiger partial charge is 0.234 e. The Kier molecular flexibility index (Phi) is 3.50. The summed E-state index contributed by atoms with van der Waals surface area (Å²) in [6.45, 7) is 7.63. The molecule has 3 aliphatic heterocycles. The van der Waals surface area contributed by atoms with E-state index in [1.54, 1.807) is 0 Å². The molecule has 0 saturated carbocycles. The lowest BCUT2D eigenvalue weighted by molar-refractivity contribution is -0.121. The molecule has 3 saturated heterocycles. The first-order valence-electron chi connectivity index (χ1n) is 6.35. The summed E-state index contributed by atoms with van der Waals surface area (Å²) in [7, 11) is 0. The highest BCUT2D eigenvalue weighted by Gasteiger charge is 2.36. The number of nitrogens with one attached hydrogen (secondary N) is 1. The maximum atomic E-state index is 11.4. The van der Waals surface area contributed by atoms with Crippen molar-refractivity contribution < 1.29 is 4.79 Å². The summed E-state index contributed by atoms with van der Waals surface area (Å²) in [5, 5.41) is 3.47. The van der Waals surface area contributed by atoms with Crippen LogP contribution in [0.15, 0.2) is 0 Å². The molecule has 2 atom stereocenters. The quantitative estimate of drug-likeness (QED) is 0.717. The van der Waals surface area contributed by atoms with E-state index in [4.69, 9.17) is 5.73 Å². The fourth-order valence-corrected chi connectivity index (χ4v) is 2.99. The van der Waals surface area contributed by atoms with Crippen LogP contribution in [0.4, 0.5) is 0 Å². The highest BCUT2D eigenvalue weighted by atomic mass is 16.1. The third kappa shape index (κ3) is 2.38. The van der Waals surface area contributed by atoms with Gasteiger partial charge in [-0.15, -0.1) is 0 Å². The molecule has 0 radical (unpaired) electrons. The molecule has 0 aromatic heterocycles. The van der Waals surface area contributed by atoms with Crippen LogP contribution in [0, 0.1) is 11.8 Å². The molecule has 3 fully saturated rings. The topological polar surface area (TPSA) is 58.4 Å². The van der Waals surface area contributed by atoms with E-state index in [0.29, 0.717) is 6.04 Å². The van der Waals surface area contributed by atoms with Crippen LogP contribution in [0.3, 0.4) is 0 Å². The van der Waals surface area contributed by atoms with E-state index in [-0.39, 0.29) is 17.9 Å². The number of rotatable bonds is 4. The summed E-state index contributed by atoms with van der Waals surface area (Å²) in [5.41, 5.74) is 5.44. The Balaban J connectivity index is 1.95. The van der Waals surface area contributed by atoms with Crippen LogP contribution in [-0.4, -0.2) is 42.5 Å². The van der Waals surface area contributed by atoms with E-state index < -0.39 is 0 Å². The van der Waals surface area contributed by atoms with Gasteiger partial charge in [0.15, 0.2) is 0 Å². The summed E-state index contributed by atoms with van der Waals surface area (Å²) in [4.78, 5) is 13.8. The number of primary amides is 1. The Morgan fingerprint density at radius 3 is 2.38 bits per heavy atom. The molecule has 0 spiro atoms. The number of amides is 1. The van der Waals surface area contributed by atoms with Crippen LogP contribution >= 0.6 is 0 Å². The fourth-order valence-electron chi connectivity index (χ4n) is 2.99. The molecule has 3 N–H and O–H groups in total. The molecule has 3 heterocycles. The van der Waals surface area contributed by atoms with Crippen molar-refractivity contribution in [2.75, 3.05) is 19.6 Å². The molecule has 4 nitrogen and oxygen atoms in total. The average molecular weight is 225 g/mol. The first-order valence-corrected chi connectivity index (χ1v) is 6.35. The van der Waals surface area contributed by atoms with Gasteiger partial charge >= 0.3 is 0 Å². The molecular formula is C12H23N3O. The Bertz CT molecular complexity index is 259. The molecule has 0 aliphatic carbocycles. The summed E-state index contributed by atoms with van der Waals surface area (Å²) in [6, 6.07) is 0.285. The summed E-state index contributed by atoms with van der Waals surface area (Å²) in [5.74, 6) is 0.796. The van der Waals surface area contributed by atoms with Crippen LogP contribution in [0.5, 0.6) is 0 Å². The van der Waals surface area contributed by atoms with Crippen molar-refractivity contribution >= 4 is 5.91 Å². The van der Waals surface area contributed by atoms with E-state index in [2.05, 4.69) is 10.2 Å². The van der Waals surface area contributed by atoms with Gasteiger partial charge in [0.05, 0.1) is 6.04 Å². The minimum atomic E-state index is -0.216. The van der Waals surface area contributed by atoms with Gasteiger partial charge in [-0.05, 0) is 37.8 Å². The fraction of sp³-hybridized carbons (Fsp3) is 0.917. The molecule has 4 heteroatoms. The minimum absolute atomic E-state index is 0.175. The van der Waals surface area contributed by atoms with E-state index in [9.17, 15) is 4.79 Å². The van der Waals surface area contributed by atoms with Gasteiger partial charge in [-0.3, -0.25) is 4.79 Å². The van der Waals surface area contributed by atoms with Gasteiger partial charge in [-0.25, -0.2) is 0 Å². The third-order valence-electron chi connectivity index (χ3n) is 4.02. The van der Waals surface area contributed by atoms with Crippen LogP contribution in [-0.2, 0) is 4.79 Å². The zero-order valence-electron chi connectivity index (χ0n) is 10.3. The number of hydrogen-bond donors (Lipinski definition) is 2. The largest absolute Gasteiger partial charge is 0.368 e. The predicted molar refractivity (Wildman–Crippen MR) is 63.9 cm³/mol. The lowest BCUT2D eigenvalue weighted by Crippen LogP contribution is -2.60. The second kappa shape index (κ2) is 4.72. The van der Waals surface area contributed by atoms with Gasteiger partial charge in [0.1, 0.15) is 0 Å². The molecular weight excluding hydrogens is 202 g/mol. The van der Waals surface area contributed by atoms with E-state index in [1.807, 2.05) is 13.8 Å². The van der Waals surface area contributed by atoms with Gasteiger partial charge in [-0.1, -0.05) is 13.8 Å². The lowest BCUT2D eigenvalue weighted by Gasteiger charge is -2.46. The zero-order valence-corrected chi connectivity index (χ0v) is 10.3. The monoisotopic (exact) mass is 225 g/mol. The number of nitrogens with zero attached hydrogens (tertiary/aromatic N) is 1. The number of carbonyl (C=O) groups is 1. The average Bonchev–Trinajstić information content (AvgIpc) is 2.26. The van der Waals surface area contributed by atoms with Crippen molar-refractivity contribution in [2.24, 2.45) is 17.6 Å². The van der Waals surface area contributed by atoms with Crippen LogP contribution < -0.4 is 11.1 Å². The van der Waals surface area contributed by atoms with Crippen molar-refractivity contribution in [3.05, 3.63) is 0 Å². The van der Waals surface area contributed by atoms with Crippen LogP contribution in [0.2, 0.25) is 0 Å². The second-order valence-electron chi connectivity index (χ2n) is 5.54. The van der Waals surface area contributed by atoms with E-state index >= 15 is 0 Å². The number of carbonyl (C=O) groups excluding carboxylic acids is 1. The molecule has 3 aliphatic rings. The molecule has 3 rings (SSSR count). The van der Waals surface area contributed by atoms with Crippen molar-refractivity contribution in [2.45, 2.75) is 38.8 Å². The maximum Gasteiger partial charge on any atom is 0.234 e. The van der Waals surface area contributed by atoms with Gasteiger partial charge in [0, 0.05) is 12.6 Å². The highest BCUT2D eigenvalue weighted by Crippen LogP contribution is 2.28. The minimum Gasteiger partial charge on any atom is -0.368 e. The van der Waals surface area contributed by atoms with Crippen molar-refractivity contribution in [3.8, 4) is 0 Å². The second-order valence-corrected chi connectivity index (χ2v) is 5.54. The van der Waals surface area contributed by atoms with Gasteiger partial charge in [0.2, 0.25) is 5.91 Å². The summed E-state index contributed by atoms with van der Waals surface area (Å²) < 4.78 is 0. The van der Waals surface area contributed by atoms with Gasteiger partial charge in [-0.2, -0.15) is 0 Å². The SMILES string of the molecule is CC(C)C(NC1CN2CCC1CC2)C(N)=O. The molecule has 2 unspecified atom stereocenters. The Morgan fingerprint density at radius 2 is 2.00 bits per heavy atom. The standard InChI is InChI=1S/C12H23N3O/c1-8(2)11(12(13)16)14-10-7-15-5-3-9(10)4-6-15/h8-11,14H,3-7H2,1-2H3,(H2,13,16). The van der Waals surface area contributed by atoms with Crippen molar-refractivity contribution in [1.82, 2.24) is 10.2 Å². The van der Waals surface area contributed by atoms with E-state index in [1.165, 1.54) is 25.9 Å². The molecule has 2 bridgehead atoms. The maximum absolute atomic E-state index is 11.4. The molecule has 0 aromatic rings. The Morgan fingerprint density at radius 1 is 1.38 bits per heavy atom.